The van der Waals surface area contributed by atoms with E-state index in [2.05, 4.69) is 22.1 Å². The third kappa shape index (κ3) is 3.61. The van der Waals surface area contributed by atoms with Crippen LogP contribution in [0.5, 0.6) is 0 Å². The van der Waals surface area contributed by atoms with Gasteiger partial charge in [-0.25, -0.2) is 4.79 Å². The van der Waals surface area contributed by atoms with Gasteiger partial charge in [-0.05, 0) is 55.5 Å². The van der Waals surface area contributed by atoms with Gasteiger partial charge in [0.15, 0.2) is 5.11 Å². The molecule has 1 aliphatic heterocycles. The van der Waals surface area contributed by atoms with Gasteiger partial charge in [-0.3, -0.25) is 4.98 Å². The molecule has 4 rings (SSSR count). The minimum absolute atomic E-state index is 0.0921. The van der Waals surface area contributed by atoms with E-state index in [1.54, 1.807) is 18.3 Å². The summed E-state index contributed by atoms with van der Waals surface area (Å²) in [5.74, 6) is 1.17. The highest BCUT2D eigenvalue weighted by molar-refractivity contribution is 7.80. The molecule has 0 bridgehead atoms. The Balaban J connectivity index is 1.66. The summed E-state index contributed by atoms with van der Waals surface area (Å²) in [6, 6.07) is 16.7. The van der Waals surface area contributed by atoms with E-state index in [0.29, 0.717) is 10.7 Å². The summed E-state index contributed by atoms with van der Waals surface area (Å²) in [4.78, 5) is 18.2. The van der Waals surface area contributed by atoms with Crippen molar-refractivity contribution in [2.45, 2.75) is 19.0 Å². The van der Waals surface area contributed by atoms with Gasteiger partial charge in [0.25, 0.3) is 0 Å². The Labute approximate surface area is 174 Å². The van der Waals surface area contributed by atoms with Crippen molar-refractivity contribution in [2.75, 3.05) is 13.7 Å². The molecule has 0 radical (unpaired) electrons. The number of benzene rings is 1. The third-order valence-corrected chi connectivity index (χ3v) is 5.40. The minimum Gasteiger partial charge on any atom is -0.465 e. The molecule has 2 atom stereocenters. The summed E-state index contributed by atoms with van der Waals surface area (Å²) in [6.45, 7) is 2.82. The Morgan fingerprint density at radius 2 is 2.00 bits per heavy atom. The first-order chi connectivity index (χ1) is 14.1. The van der Waals surface area contributed by atoms with Gasteiger partial charge in [-0.1, -0.05) is 18.2 Å². The highest BCUT2D eigenvalue weighted by Crippen LogP contribution is 2.40. The van der Waals surface area contributed by atoms with Gasteiger partial charge in [-0.15, -0.1) is 0 Å². The van der Waals surface area contributed by atoms with Gasteiger partial charge < -0.3 is 19.4 Å². The van der Waals surface area contributed by atoms with Crippen LogP contribution in [0.2, 0.25) is 0 Å². The predicted octanol–water partition coefficient (Wildman–Crippen LogP) is 4.12. The molecule has 2 aromatic heterocycles. The van der Waals surface area contributed by atoms with Crippen LogP contribution < -0.4 is 5.32 Å². The molecular formula is C22H21N3O3S. The van der Waals surface area contributed by atoms with Crippen molar-refractivity contribution in [2.24, 2.45) is 0 Å². The average molecular weight is 407 g/mol. The predicted molar refractivity (Wildman–Crippen MR) is 113 cm³/mol. The summed E-state index contributed by atoms with van der Waals surface area (Å²) < 4.78 is 11.0. The first-order valence-electron chi connectivity index (χ1n) is 9.39. The molecular weight excluding hydrogens is 386 g/mol. The van der Waals surface area contributed by atoms with Gasteiger partial charge in [-0.2, -0.15) is 0 Å². The highest BCUT2D eigenvalue weighted by Gasteiger charge is 2.40. The molecule has 1 aliphatic rings. The van der Waals surface area contributed by atoms with Crippen molar-refractivity contribution in [1.82, 2.24) is 15.2 Å². The Morgan fingerprint density at radius 3 is 2.66 bits per heavy atom. The van der Waals surface area contributed by atoms with E-state index >= 15 is 0 Å². The first-order valence-corrected chi connectivity index (χ1v) is 9.79. The maximum atomic E-state index is 11.6. The third-order valence-electron chi connectivity index (χ3n) is 5.05. The SMILES string of the molecule is CCN1C(=S)NC(c2ccccn2)C1c1ccc(-c2ccc(C(=O)OC)cc2)o1. The zero-order valence-electron chi connectivity index (χ0n) is 16.2. The first kappa shape index (κ1) is 19.1. The maximum Gasteiger partial charge on any atom is 0.337 e. The highest BCUT2D eigenvalue weighted by atomic mass is 32.1. The number of methoxy groups -OCH3 is 1. The van der Waals surface area contributed by atoms with Crippen molar-refractivity contribution < 1.29 is 13.9 Å². The molecule has 1 fully saturated rings. The fourth-order valence-corrected chi connectivity index (χ4v) is 3.98. The fraction of sp³-hybridized carbons (Fsp3) is 0.227. The van der Waals surface area contributed by atoms with Crippen LogP contribution in [0.15, 0.2) is 65.2 Å². The monoisotopic (exact) mass is 407 g/mol. The number of carbonyl (C=O) groups is 1. The van der Waals surface area contributed by atoms with Crippen molar-refractivity contribution in [3.63, 3.8) is 0 Å². The lowest BCUT2D eigenvalue weighted by atomic mass is 10.0. The zero-order valence-corrected chi connectivity index (χ0v) is 17.0. The number of pyridine rings is 1. The topological polar surface area (TPSA) is 67.6 Å². The lowest BCUT2D eigenvalue weighted by Gasteiger charge is -2.24. The second-order valence-corrected chi connectivity index (χ2v) is 7.07. The summed E-state index contributed by atoms with van der Waals surface area (Å²) in [7, 11) is 1.37. The number of esters is 1. The van der Waals surface area contributed by atoms with Crippen molar-refractivity contribution in [1.29, 1.82) is 0 Å². The molecule has 3 heterocycles. The second kappa shape index (κ2) is 8.05. The number of furan rings is 1. The molecule has 1 N–H and O–H groups in total. The van der Waals surface area contributed by atoms with Gasteiger partial charge in [0.1, 0.15) is 17.6 Å². The number of thiocarbonyl (C=S) groups is 1. The summed E-state index contributed by atoms with van der Waals surface area (Å²) in [5, 5.41) is 4.07. The van der Waals surface area contributed by atoms with Crippen LogP contribution in [0, 0.1) is 0 Å². The van der Waals surface area contributed by atoms with E-state index in [1.165, 1.54) is 7.11 Å². The molecule has 1 saturated heterocycles. The van der Waals surface area contributed by atoms with Crippen LogP contribution in [0.25, 0.3) is 11.3 Å². The van der Waals surface area contributed by atoms with Gasteiger partial charge >= 0.3 is 5.97 Å². The average Bonchev–Trinajstić information content (AvgIpc) is 3.38. The molecule has 0 aliphatic carbocycles. The van der Waals surface area contributed by atoms with Crippen molar-refractivity contribution >= 4 is 23.3 Å². The van der Waals surface area contributed by atoms with E-state index in [4.69, 9.17) is 21.4 Å². The van der Waals surface area contributed by atoms with E-state index in [9.17, 15) is 4.79 Å². The number of hydrogen-bond acceptors (Lipinski definition) is 5. The number of carbonyl (C=O) groups excluding carboxylic acids is 1. The van der Waals surface area contributed by atoms with E-state index < -0.39 is 0 Å². The van der Waals surface area contributed by atoms with Crippen LogP contribution in [0.1, 0.15) is 40.8 Å². The van der Waals surface area contributed by atoms with Crippen molar-refractivity contribution in [3.05, 3.63) is 77.8 Å². The second-order valence-electron chi connectivity index (χ2n) is 6.68. The van der Waals surface area contributed by atoms with E-state index in [0.717, 1.165) is 29.3 Å². The lowest BCUT2D eigenvalue weighted by molar-refractivity contribution is 0.0600. The quantitative estimate of drug-likeness (QED) is 0.504. The Kier molecular flexibility index (Phi) is 5.31. The molecule has 3 aromatic rings. The molecule has 6 nitrogen and oxygen atoms in total. The van der Waals surface area contributed by atoms with Crippen LogP contribution in [0.3, 0.4) is 0 Å². The van der Waals surface area contributed by atoms with E-state index in [-0.39, 0.29) is 18.1 Å². The molecule has 7 heteroatoms. The molecule has 0 spiro atoms. The number of nitrogens with zero attached hydrogens (tertiary/aromatic N) is 2. The molecule has 148 valence electrons. The Hall–Kier alpha value is -3.19. The Bertz CT molecular complexity index is 1020. The van der Waals surface area contributed by atoms with Gasteiger partial charge in [0.2, 0.25) is 0 Å². The maximum absolute atomic E-state index is 11.6. The standard InChI is InChI=1S/C22H21N3O3S/c1-3-25-20(19(24-22(25)29)16-6-4-5-13-23-16)18-12-11-17(28-18)14-7-9-15(10-8-14)21(26)27-2/h4-13,19-20H,3H2,1-2H3,(H,24,29). The van der Waals surface area contributed by atoms with Crippen LogP contribution in [-0.2, 0) is 4.74 Å². The molecule has 2 unspecified atom stereocenters. The molecule has 1 aromatic carbocycles. The van der Waals surface area contributed by atoms with Crippen LogP contribution >= 0.6 is 12.2 Å². The molecule has 0 saturated carbocycles. The number of likely N-dealkylation sites (N-methyl/N-ethyl adjacent to an activating group) is 1. The number of nitrogens with one attached hydrogen (secondary N) is 1. The summed E-state index contributed by atoms with van der Waals surface area (Å²) in [5.41, 5.74) is 2.30. The molecule has 29 heavy (non-hydrogen) atoms. The number of ether oxygens (including phenoxy) is 1. The molecule has 0 amide bonds. The largest absolute Gasteiger partial charge is 0.465 e. The Morgan fingerprint density at radius 1 is 1.21 bits per heavy atom. The zero-order chi connectivity index (χ0) is 20.4. The van der Waals surface area contributed by atoms with E-state index in [1.807, 2.05) is 42.5 Å². The van der Waals surface area contributed by atoms with Crippen LogP contribution in [0.4, 0.5) is 0 Å². The fourth-order valence-electron chi connectivity index (χ4n) is 3.61. The normalized spacial score (nSPS) is 18.6. The minimum atomic E-state index is -0.362. The summed E-state index contributed by atoms with van der Waals surface area (Å²) in [6.07, 6.45) is 1.78. The van der Waals surface area contributed by atoms with Gasteiger partial charge in [0.05, 0.1) is 24.4 Å². The smallest absolute Gasteiger partial charge is 0.337 e. The van der Waals surface area contributed by atoms with Crippen molar-refractivity contribution in [3.8, 4) is 11.3 Å². The number of aromatic nitrogens is 1. The number of hydrogen-bond donors (Lipinski definition) is 1. The lowest BCUT2D eigenvalue weighted by Crippen LogP contribution is -2.29. The van der Waals surface area contributed by atoms with Gasteiger partial charge in [0, 0.05) is 18.3 Å². The summed E-state index contributed by atoms with van der Waals surface area (Å²) >= 11 is 5.55. The number of rotatable bonds is 5. The van der Waals surface area contributed by atoms with Crippen LogP contribution in [-0.4, -0.2) is 34.6 Å².